The summed E-state index contributed by atoms with van der Waals surface area (Å²) in [7, 11) is 0. The highest BCUT2D eigenvalue weighted by Gasteiger charge is 2.27. The molecule has 2 rings (SSSR count). The van der Waals surface area contributed by atoms with Crippen molar-refractivity contribution < 1.29 is 9.90 Å². The maximum absolute atomic E-state index is 10.5. The van der Waals surface area contributed by atoms with E-state index < -0.39 is 5.97 Å². The van der Waals surface area contributed by atoms with E-state index in [9.17, 15) is 4.79 Å². The third kappa shape index (κ3) is 1.91. The van der Waals surface area contributed by atoms with Gasteiger partial charge in [-0.05, 0) is 6.42 Å². The smallest absolute Gasteiger partial charge is 0.304 e. The Hall–Kier alpha value is -1.40. The third-order valence-corrected chi connectivity index (χ3v) is 2.25. The molecule has 76 valence electrons. The topological polar surface area (TPSA) is 90.0 Å². The van der Waals surface area contributed by atoms with Crippen LogP contribution in [-0.2, 0) is 4.79 Å². The van der Waals surface area contributed by atoms with Gasteiger partial charge in [0.05, 0.1) is 12.5 Å². The van der Waals surface area contributed by atoms with Crippen molar-refractivity contribution in [2.24, 2.45) is 0 Å². The zero-order chi connectivity index (χ0) is 9.97. The molecule has 1 aromatic rings. The Morgan fingerprint density at radius 2 is 2.50 bits per heavy atom. The molecule has 0 aromatic carbocycles. The third-order valence-electron chi connectivity index (χ3n) is 2.25. The molecule has 1 fully saturated rings. The molecule has 6 nitrogen and oxygen atoms in total. The molecule has 2 unspecified atom stereocenters. The summed E-state index contributed by atoms with van der Waals surface area (Å²) in [4.78, 5) is 17.6. The number of carbonyl (C=O) groups is 1. The lowest BCUT2D eigenvalue weighted by Gasteiger charge is -2.04. The van der Waals surface area contributed by atoms with Crippen LogP contribution >= 0.6 is 0 Å². The molecule has 14 heavy (non-hydrogen) atoms. The summed E-state index contributed by atoms with van der Waals surface area (Å²) in [6.07, 6.45) is 4.30. The first-order valence-electron chi connectivity index (χ1n) is 4.48. The summed E-state index contributed by atoms with van der Waals surface area (Å²) < 4.78 is 0. The number of hydrazine groups is 1. The molecular weight excluding hydrogens is 184 g/mol. The lowest BCUT2D eigenvalue weighted by molar-refractivity contribution is -0.137. The standard InChI is InChI=1S/C8H12N4O2/c13-7(14)4-5-3-6(12-11-5)8-9-1-2-10-8/h1-2,5-6,11-12H,3-4H2,(H,9,10)(H,13,14). The summed E-state index contributed by atoms with van der Waals surface area (Å²) in [6, 6.07) is 0.0527. The second-order valence-corrected chi connectivity index (χ2v) is 3.35. The van der Waals surface area contributed by atoms with Gasteiger partial charge in [-0.25, -0.2) is 10.4 Å². The molecule has 1 aliphatic rings. The number of H-pyrrole nitrogens is 1. The molecule has 1 aliphatic heterocycles. The first-order valence-corrected chi connectivity index (χ1v) is 4.48. The van der Waals surface area contributed by atoms with E-state index >= 15 is 0 Å². The van der Waals surface area contributed by atoms with Gasteiger partial charge in [-0.3, -0.25) is 10.2 Å². The van der Waals surface area contributed by atoms with Crippen molar-refractivity contribution >= 4 is 5.97 Å². The number of imidazole rings is 1. The van der Waals surface area contributed by atoms with Gasteiger partial charge in [-0.2, -0.15) is 0 Å². The van der Waals surface area contributed by atoms with E-state index in [0.29, 0.717) is 0 Å². The summed E-state index contributed by atoms with van der Waals surface area (Å²) >= 11 is 0. The molecule has 0 radical (unpaired) electrons. The molecule has 0 aliphatic carbocycles. The first-order chi connectivity index (χ1) is 6.75. The monoisotopic (exact) mass is 196 g/mol. The molecule has 4 N–H and O–H groups in total. The normalized spacial score (nSPS) is 26.6. The Balaban J connectivity index is 1.92. The van der Waals surface area contributed by atoms with E-state index in [2.05, 4.69) is 20.8 Å². The Kier molecular flexibility index (Phi) is 2.47. The molecule has 6 heteroatoms. The summed E-state index contributed by atoms with van der Waals surface area (Å²) in [6.45, 7) is 0. The number of nitrogens with one attached hydrogen (secondary N) is 3. The highest BCUT2D eigenvalue weighted by Crippen LogP contribution is 2.20. The predicted octanol–water partition coefficient (Wildman–Crippen LogP) is -0.208. The number of carboxylic acid groups (broad SMARTS) is 1. The van der Waals surface area contributed by atoms with Crippen molar-refractivity contribution in [1.82, 2.24) is 20.8 Å². The van der Waals surface area contributed by atoms with Gasteiger partial charge < -0.3 is 10.1 Å². The fourth-order valence-electron chi connectivity index (χ4n) is 1.61. The number of rotatable bonds is 3. The predicted molar refractivity (Wildman–Crippen MR) is 48.3 cm³/mol. The number of aliphatic carboxylic acids is 1. The lowest BCUT2D eigenvalue weighted by Crippen LogP contribution is -2.32. The average Bonchev–Trinajstić information content (AvgIpc) is 2.69. The highest BCUT2D eigenvalue weighted by atomic mass is 16.4. The zero-order valence-electron chi connectivity index (χ0n) is 7.53. The van der Waals surface area contributed by atoms with E-state index in [4.69, 9.17) is 5.11 Å². The Labute approximate surface area is 80.7 Å². The number of hydrogen-bond acceptors (Lipinski definition) is 4. The van der Waals surface area contributed by atoms with Gasteiger partial charge in [0, 0.05) is 18.4 Å². The van der Waals surface area contributed by atoms with Crippen molar-refractivity contribution in [2.75, 3.05) is 0 Å². The van der Waals surface area contributed by atoms with Crippen LogP contribution in [0.3, 0.4) is 0 Å². The first kappa shape index (κ1) is 9.17. The minimum Gasteiger partial charge on any atom is -0.481 e. The van der Waals surface area contributed by atoms with Crippen LogP contribution in [0.25, 0.3) is 0 Å². The van der Waals surface area contributed by atoms with Gasteiger partial charge in [0.25, 0.3) is 0 Å². The maximum atomic E-state index is 10.5. The van der Waals surface area contributed by atoms with E-state index in [1.54, 1.807) is 12.4 Å². The number of aromatic amines is 1. The molecule has 0 bridgehead atoms. The summed E-state index contributed by atoms with van der Waals surface area (Å²) in [5.74, 6) is 0.0507. The summed E-state index contributed by atoms with van der Waals surface area (Å²) in [5.41, 5.74) is 5.94. The van der Waals surface area contributed by atoms with Crippen LogP contribution in [-0.4, -0.2) is 27.1 Å². The minimum atomic E-state index is -0.788. The number of aromatic nitrogens is 2. The van der Waals surface area contributed by atoms with Crippen LogP contribution in [0.4, 0.5) is 0 Å². The summed E-state index contributed by atoms with van der Waals surface area (Å²) in [5, 5.41) is 8.60. The molecule has 2 atom stereocenters. The van der Waals surface area contributed by atoms with Crippen LogP contribution in [0, 0.1) is 0 Å². The van der Waals surface area contributed by atoms with Gasteiger partial charge in [-0.1, -0.05) is 0 Å². The SMILES string of the molecule is O=C(O)CC1CC(c2ncc[nH]2)NN1. The second kappa shape index (κ2) is 3.77. The fourth-order valence-corrected chi connectivity index (χ4v) is 1.61. The molecule has 0 saturated carbocycles. The van der Waals surface area contributed by atoms with E-state index in [1.807, 2.05) is 0 Å². The quantitative estimate of drug-likeness (QED) is 0.537. The second-order valence-electron chi connectivity index (χ2n) is 3.35. The van der Waals surface area contributed by atoms with Gasteiger partial charge in [0.1, 0.15) is 5.82 Å². The van der Waals surface area contributed by atoms with Crippen LogP contribution < -0.4 is 10.9 Å². The van der Waals surface area contributed by atoms with Crippen molar-refractivity contribution in [3.8, 4) is 0 Å². The Morgan fingerprint density at radius 3 is 3.14 bits per heavy atom. The van der Waals surface area contributed by atoms with Crippen LogP contribution in [0.2, 0.25) is 0 Å². The van der Waals surface area contributed by atoms with Gasteiger partial charge in [0.15, 0.2) is 0 Å². The number of carboxylic acids is 1. The molecule has 0 amide bonds. The molecular formula is C8H12N4O2. The average molecular weight is 196 g/mol. The van der Waals surface area contributed by atoms with Crippen molar-refractivity contribution in [3.05, 3.63) is 18.2 Å². The fraction of sp³-hybridized carbons (Fsp3) is 0.500. The van der Waals surface area contributed by atoms with Gasteiger partial charge >= 0.3 is 5.97 Å². The van der Waals surface area contributed by atoms with Crippen molar-refractivity contribution in [3.63, 3.8) is 0 Å². The molecule has 0 spiro atoms. The van der Waals surface area contributed by atoms with Crippen LogP contribution in [0.15, 0.2) is 12.4 Å². The minimum absolute atomic E-state index is 0.0254. The highest BCUT2D eigenvalue weighted by molar-refractivity contribution is 5.67. The van der Waals surface area contributed by atoms with E-state index in [1.165, 1.54) is 0 Å². The van der Waals surface area contributed by atoms with Crippen molar-refractivity contribution in [2.45, 2.75) is 24.9 Å². The van der Waals surface area contributed by atoms with Crippen LogP contribution in [0.5, 0.6) is 0 Å². The zero-order valence-corrected chi connectivity index (χ0v) is 7.53. The van der Waals surface area contributed by atoms with Gasteiger partial charge in [0.2, 0.25) is 0 Å². The van der Waals surface area contributed by atoms with E-state index in [0.717, 1.165) is 12.2 Å². The lowest BCUT2D eigenvalue weighted by atomic mass is 10.1. The molecule has 2 heterocycles. The Bertz CT molecular complexity index is 311. The van der Waals surface area contributed by atoms with Crippen LogP contribution in [0.1, 0.15) is 24.7 Å². The Morgan fingerprint density at radius 1 is 1.64 bits per heavy atom. The largest absolute Gasteiger partial charge is 0.481 e. The molecule has 1 saturated heterocycles. The maximum Gasteiger partial charge on any atom is 0.304 e. The number of nitrogens with zero attached hydrogens (tertiary/aromatic N) is 1. The van der Waals surface area contributed by atoms with Gasteiger partial charge in [-0.15, -0.1) is 0 Å². The molecule has 1 aromatic heterocycles. The van der Waals surface area contributed by atoms with Crippen molar-refractivity contribution in [1.29, 1.82) is 0 Å². The van der Waals surface area contributed by atoms with E-state index in [-0.39, 0.29) is 18.5 Å². The number of hydrogen-bond donors (Lipinski definition) is 4.